The minimum absolute atomic E-state index is 0.117. The number of halogens is 1. The largest absolute Gasteiger partial charge is 0.388 e. The SMILES string of the molecule is O=C(NCCc1ccccc1F)N1CCC(C(O)c2ccccc2)CC1. The van der Waals surface area contributed by atoms with Crippen molar-refractivity contribution in [1.82, 2.24) is 10.2 Å². The molecule has 2 N–H and O–H groups in total. The quantitative estimate of drug-likeness (QED) is 0.861. The second-order valence-corrected chi connectivity index (χ2v) is 6.75. The molecule has 2 aromatic rings. The monoisotopic (exact) mass is 356 g/mol. The first kappa shape index (κ1) is 18.4. The highest BCUT2D eigenvalue weighted by molar-refractivity contribution is 5.74. The summed E-state index contributed by atoms with van der Waals surface area (Å²) in [5.41, 5.74) is 1.54. The molecule has 0 spiro atoms. The number of carbonyl (C=O) groups excluding carboxylic acids is 1. The molecule has 1 fully saturated rings. The summed E-state index contributed by atoms with van der Waals surface area (Å²) in [7, 11) is 0. The van der Waals surface area contributed by atoms with E-state index in [2.05, 4.69) is 5.32 Å². The molecule has 2 aromatic carbocycles. The number of benzene rings is 2. The minimum atomic E-state index is -0.484. The second kappa shape index (κ2) is 8.81. The summed E-state index contributed by atoms with van der Waals surface area (Å²) in [5.74, 6) is -0.0719. The molecule has 3 rings (SSSR count). The Balaban J connectivity index is 1.43. The molecule has 4 nitrogen and oxygen atoms in total. The summed E-state index contributed by atoms with van der Waals surface area (Å²) in [4.78, 5) is 14.1. The van der Waals surface area contributed by atoms with Gasteiger partial charge in [-0.05, 0) is 42.4 Å². The van der Waals surface area contributed by atoms with Crippen LogP contribution < -0.4 is 5.32 Å². The summed E-state index contributed by atoms with van der Waals surface area (Å²) in [6.45, 7) is 1.66. The normalized spacial score (nSPS) is 16.3. The van der Waals surface area contributed by atoms with Crippen molar-refractivity contribution in [2.45, 2.75) is 25.4 Å². The number of piperidine rings is 1. The van der Waals surface area contributed by atoms with Crippen LogP contribution in [-0.2, 0) is 6.42 Å². The van der Waals surface area contributed by atoms with Crippen LogP contribution in [0.25, 0.3) is 0 Å². The van der Waals surface area contributed by atoms with Gasteiger partial charge in [0.1, 0.15) is 5.82 Å². The first-order valence-corrected chi connectivity index (χ1v) is 9.14. The molecule has 0 saturated carbocycles. The Morgan fingerprint density at radius 2 is 1.77 bits per heavy atom. The maximum Gasteiger partial charge on any atom is 0.317 e. The maximum atomic E-state index is 13.6. The zero-order valence-corrected chi connectivity index (χ0v) is 14.8. The van der Waals surface area contributed by atoms with Crippen LogP contribution in [0.2, 0.25) is 0 Å². The Morgan fingerprint density at radius 3 is 2.46 bits per heavy atom. The van der Waals surface area contributed by atoms with Gasteiger partial charge in [0.2, 0.25) is 0 Å². The fraction of sp³-hybridized carbons (Fsp3) is 0.381. The van der Waals surface area contributed by atoms with E-state index in [0.29, 0.717) is 31.6 Å². The molecule has 1 atom stereocenters. The summed E-state index contributed by atoms with van der Waals surface area (Å²) in [6, 6.07) is 16.2. The van der Waals surface area contributed by atoms with Gasteiger partial charge >= 0.3 is 6.03 Å². The van der Waals surface area contributed by atoms with Gasteiger partial charge in [0.25, 0.3) is 0 Å². The number of nitrogens with one attached hydrogen (secondary N) is 1. The molecule has 138 valence electrons. The van der Waals surface area contributed by atoms with E-state index in [1.165, 1.54) is 6.07 Å². The Bertz CT molecular complexity index is 715. The van der Waals surface area contributed by atoms with Gasteiger partial charge in [0.15, 0.2) is 0 Å². The fourth-order valence-electron chi connectivity index (χ4n) is 3.46. The third-order valence-corrected chi connectivity index (χ3v) is 5.04. The zero-order valence-electron chi connectivity index (χ0n) is 14.8. The molecule has 5 heteroatoms. The van der Waals surface area contributed by atoms with E-state index in [0.717, 1.165) is 18.4 Å². The lowest BCUT2D eigenvalue weighted by Gasteiger charge is -2.34. The molecule has 1 saturated heterocycles. The fourth-order valence-corrected chi connectivity index (χ4v) is 3.46. The van der Waals surface area contributed by atoms with Gasteiger partial charge in [-0.1, -0.05) is 48.5 Å². The Kier molecular flexibility index (Phi) is 6.23. The van der Waals surface area contributed by atoms with E-state index in [9.17, 15) is 14.3 Å². The van der Waals surface area contributed by atoms with Crippen LogP contribution >= 0.6 is 0 Å². The first-order valence-electron chi connectivity index (χ1n) is 9.14. The van der Waals surface area contributed by atoms with Crippen molar-refractivity contribution in [3.05, 3.63) is 71.5 Å². The van der Waals surface area contributed by atoms with Crippen molar-refractivity contribution in [2.24, 2.45) is 5.92 Å². The number of rotatable bonds is 5. The molecule has 1 unspecified atom stereocenters. The lowest BCUT2D eigenvalue weighted by atomic mass is 9.87. The summed E-state index contributed by atoms with van der Waals surface area (Å²) in [5, 5.41) is 13.4. The van der Waals surface area contributed by atoms with Crippen LogP contribution in [0.5, 0.6) is 0 Å². The van der Waals surface area contributed by atoms with E-state index in [1.807, 2.05) is 30.3 Å². The highest BCUT2D eigenvalue weighted by Crippen LogP contribution is 2.30. The predicted molar refractivity (Wildman–Crippen MR) is 99.2 cm³/mol. The van der Waals surface area contributed by atoms with Gasteiger partial charge in [-0.3, -0.25) is 0 Å². The van der Waals surface area contributed by atoms with Crippen LogP contribution in [0.1, 0.15) is 30.1 Å². The van der Waals surface area contributed by atoms with Crippen molar-refractivity contribution in [3.63, 3.8) is 0 Å². The molecule has 0 radical (unpaired) electrons. The topological polar surface area (TPSA) is 52.6 Å². The standard InChI is InChI=1S/C21H25FN2O2/c22-19-9-5-4-6-16(19)10-13-23-21(26)24-14-11-18(12-15-24)20(25)17-7-2-1-3-8-17/h1-9,18,20,25H,10-15H2,(H,23,26). The average Bonchev–Trinajstić information content (AvgIpc) is 2.69. The number of aliphatic hydroxyl groups excluding tert-OH is 1. The molecular formula is C21H25FN2O2. The van der Waals surface area contributed by atoms with Crippen molar-refractivity contribution >= 4 is 6.03 Å². The average molecular weight is 356 g/mol. The van der Waals surface area contributed by atoms with E-state index >= 15 is 0 Å². The number of urea groups is 1. The number of nitrogens with zero attached hydrogens (tertiary/aromatic N) is 1. The molecule has 0 bridgehead atoms. The summed E-state index contributed by atoms with van der Waals surface area (Å²) in [6.07, 6.45) is 1.54. The smallest absolute Gasteiger partial charge is 0.317 e. The molecule has 1 aliphatic heterocycles. The third-order valence-electron chi connectivity index (χ3n) is 5.04. The number of likely N-dealkylation sites (tertiary alicyclic amines) is 1. The molecule has 2 amide bonds. The van der Waals surface area contributed by atoms with Crippen molar-refractivity contribution in [2.75, 3.05) is 19.6 Å². The highest BCUT2D eigenvalue weighted by atomic mass is 19.1. The zero-order chi connectivity index (χ0) is 18.4. The van der Waals surface area contributed by atoms with Gasteiger partial charge < -0.3 is 15.3 Å². The molecular weight excluding hydrogens is 331 g/mol. The maximum absolute atomic E-state index is 13.6. The van der Waals surface area contributed by atoms with Crippen LogP contribution in [-0.4, -0.2) is 35.7 Å². The van der Waals surface area contributed by atoms with Gasteiger partial charge in [0.05, 0.1) is 6.10 Å². The molecule has 1 heterocycles. The van der Waals surface area contributed by atoms with Crippen LogP contribution in [0, 0.1) is 11.7 Å². The summed E-state index contributed by atoms with van der Waals surface area (Å²) < 4.78 is 13.6. The number of carbonyl (C=O) groups is 1. The van der Waals surface area contributed by atoms with Gasteiger partial charge in [0, 0.05) is 19.6 Å². The van der Waals surface area contributed by atoms with Gasteiger partial charge in [-0.15, -0.1) is 0 Å². The predicted octanol–water partition coefficient (Wildman–Crippen LogP) is 3.52. The molecule has 26 heavy (non-hydrogen) atoms. The van der Waals surface area contributed by atoms with E-state index in [1.54, 1.807) is 23.1 Å². The van der Waals surface area contributed by atoms with Crippen LogP contribution in [0.3, 0.4) is 0 Å². The van der Waals surface area contributed by atoms with Gasteiger partial charge in [-0.2, -0.15) is 0 Å². The number of amides is 2. The Morgan fingerprint density at radius 1 is 1.12 bits per heavy atom. The molecule has 1 aliphatic rings. The van der Waals surface area contributed by atoms with Gasteiger partial charge in [-0.25, -0.2) is 9.18 Å². The lowest BCUT2D eigenvalue weighted by Crippen LogP contribution is -2.45. The first-order chi connectivity index (χ1) is 12.6. The number of hydrogen-bond donors (Lipinski definition) is 2. The minimum Gasteiger partial charge on any atom is -0.388 e. The highest BCUT2D eigenvalue weighted by Gasteiger charge is 2.28. The van der Waals surface area contributed by atoms with E-state index in [-0.39, 0.29) is 17.8 Å². The van der Waals surface area contributed by atoms with Crippen molar-refractivity contribution in [3.8, 4) is 0 Å². The lowest BCUT2D eigenvalue weighted by molar-refractivity contribution is 0.0666. The molecule has 0 aliphatic carbocycles. The number of hydrogen-bond acceptors (Lipinski definition) is 2. The Labute approximate surface area is 153 Å². The third kappa shape index (κ3) is 4.61. The van der Waals surface area contributed by atoms with Crippen molar-refractivity contribution < 1.29 is 14.3 Å². The number of aliphatic hydroxyl groups is 1. The second-order valence-electron chi connectivity index (χ2n) is 6.75. The van der Waals surface area contributed by atoms with Crippen LogP contribution in [0.4, 0.5) is 9.18 Å². The van der Waals surface area contributed by atoms with Crippen molar-refractivity contribution in [1.29, 1.82) is 0 Å². The summed E-state index contributed by atoms with van der Waals surface area (Å²) >= 11 is 0. The molecule has 0 aromatic heterocycles. The van der Waals surface area contributed by atoms with E-state index in [4.69, 9.17) is 0 Å². The van der Waals surface area contributed by atoms with Crippen LogP contribution in [0.15, 0.2) is 54.6 Å². The Hall–Kier alpha value is -2.40. The van der Waals surface area contributed by atoms with E-state index < -0.39 is 6.10 Å².